The highest BCUT2D eigenvalue weighted by atomic mass is 32.2. The zero-order valence-electron chi connectivity index (χ0n) is 15.7. The lowest BCUT2D eigenvalue weighted by Crippen LogP contribution is -2.18. The third kappa shape index (κ3) is 4.73. The molecule has 0 atom stereocenters. The van der Waals surface area contributed by atoms with Crippen LogP contribution in [0.3, 0.4) is 0 Å². The van der Waals surface area contributed by atoms with Crippen LogP contribution in [0.4, 0.5) is 17.1 Å². The van der Waals surface area contributed by atoms with E-state index >= 15 is 0 Å². The highest BCUT2D eigenvalue weighted by Gasteiger charge is 2.21. The quantitative estimate of drug-likeness (QED) is 0.437. The molecule has 154 valence electrons. The van der Waals surface area contributed by atoms with Crippen molar-refractivity contribution in [2.24, 2.45) is 0 Å². The van der Waals surface area contributed by atoms with Gasteiger partial charge in [0.05, 0.1) is 28.2 Å². The van der Waals surface area contributed by atoms with Gasteiger partial charge in [-0.2, -0.15) is 0 Å². The van der Waals surface area contributed by atoms with Crippen molar-refractivity contribution in [2.45, 2.75) is 4.90 Å². The second-order valence-electron chi connectivity index (χ2n) is 6.09. The van der Waals surface area contributed by atoms with Gasteiger partial charge in [0, 0.05) is 23.9 Å². The Morgan fingerprint density at radius 3 is 2.47 bits per heavy atom. The number of amides is 1. The Kier molecular flexibility index (Phi) is 5.98. The van der Waals surface area contributed by atoms with Gasteiger partial charge >= 0.3 is 0 Å². The molecule has 0 spiro atoms. The Hall–Kier alpha value is -3.92. The van der Waals surface area contributed by atoms with Crippen molar-refractivity contribution in [3.63, 3.8) is 0 Å². The monoisotopic (exact) mass is 427 g/mol. The number of sulfonamides is 1. The van der Waals surface area contributed by atoms with E-state index in [0.717, 1.165) is 6.07 Å². The van der Waals surface area contributed by atoms with Crippen molar-refractivity contribution in [1.82, 2.24) is 0 Å². The van der Waals surface area contributed by atoms with E-state index in [4.69, 9.17) is 4.74 Å². The molecule has 3 aromatic carbocycles. The predicted octanol–water partition coefficient (Wildman–Crippen LogP) is 3.66. The summed E-state index contributed by atoms with van der Waals surface area (Å²) >= 11 is 0. The minimum absolute atomic E-state index is 0.0319. The molecule has 0 radical (unpaired) electrons. The molecule has 0 aliphatic carbocycles. The fourth-order valence-corrected chi connectivity index (χ4v) is 3.76. The van der Waals surface area contributed by atoms with Crippen LogP contribution in [0, 0.1) is 10.1 Å². The van der Waals surface area contributed by atoms with Crippen LogP contribution in [0.2, 0.25) is 0 Å². The van der Waals surface area contributed by atoms with Crippen LogP contribution >= 0.6 is 0 Å². The molecule has 0 heterocycles. The number of hydrogen-bond acceptors (Lipinski definition) is 6. The average Bonchev–Trinajstić information content (AvgIpc) is 2.74. The van der Waals surface area contributed by atoms with Gasteiger partial charge in [0.15, 0.2) is 0 Å². The van der Waals surface area contributed by atoms with Crippen molar-refractivity contribution in [3.05, 3.63) is 88.5 Å². The number of nitrogens with one attached hydrogen (secondary N) is 2. The number of nitro groups is 1. The molecular weight excluding hydrogens is 410 g/mol. The summed E-state index contributed by atoms with van der Waals surface area (Å²) < 4.78 is 32.9. The standard InChI is InChI=1S/C20H17N3O6S/c1-29-16-8-4-6-14(12-16)21-20(24)18-10-2-3-11-19(18)22-30(27,28)17-9-5-7-15(13-17)23(25)26/h2-13,22H,1H3,(H,21,24). The largest absolute Gasteiger partial charge is 0.497 e. The lowest BCUT2D eigenvalue weighted by atomic mass is 10.1. The van der Waals surface area contributed by atoms with Crippen molar-refractivity contribution in [3.8, 4) is 5.75 Å². The summed E-state index contributed by atoms with van der Waals surface area (Å²) in [5, 5.41) is 13.6. The second kappa shape index (κ2) is 8.62. The van der Waals surface area contributed by atoms with E-state index in [1.165, 1.54) is 37.4 Å². The van der Waals surface area contributed by atoms with Crippen molar-refractivity contribution >= 4 is 33.0 Å². The van der Waals surface area contributed by atoms with Crippen LogP contribution < -0.4 is 14.8 Å². The topological polar surface area (TPSA) is 128 Å². The van der Waals surface area contributed by atoms with E-state index in [1.54, 1.807) is 36.4 Å². The fourth-order valence-electron chi connectivity index (χ4n) is 2.64. The molecule has 3 rings (SSSR count). The minimum Gasteiger partial charge on any atom is -0.497 e. The first-order valence-corrected chi connectivity index (χ1v) is 10.1. The van der Waals surface area contributed by atoms with Gasteiger partial charge in [-0.1, -0.05) is 24.3 Å². The number of non-ortho nitro benzene ring substituents is 1. The number of hydrogen-bond donors (Lipinski definition) is 2. The molecule has 30 heavy (non-hydrogen) atoms. The average molecular weight is 427 g/mol. The summed E-state index contributed by atoms with van der Waals surface area (Å²) in [6, 6.07) is 17.4. The summed E-state index contributed by atoms with van der Waals surface area (Å²) in [5.74, 6) is 0.00746. The van der Waals surface area contributed by atoms with Gasteiger partial charge in [0.1, 0.15) is 5.75 Å². The smallest absolute Gasteiger partial charge is 0.270 e. The first-order valence-electron chi connectivity index (χ1n) is 8.62. The summed E-state index contributed by atoms with van der Waals surface area (Å²) in [4.78, 5) is 22.7. The number of anilines is 2. The van der Waals surface area contributed by atoms with Crippen LogP contribution in [0.15, 0.2) is 77.7 Å². The lowest BCUT2D eigenvalue weighted by Gasteiger charge is -2.13. The van der Waals surface area contributed by atoms with Gasteiger partial charge in [-0.3, -0.25) is 19.6 Å². The van der Waals surface area contributed by atoms with Crippen LogP contribution in [-0.2, 0) is 10.0 Å². The maximum absolute atomic E-state index is 12.7. The molecule has 0 aliphatic heterocycles. The first-order chi connectivity index (χ1) is 14.3. The molecule has 0 fully saturated rings. The Morgan fingerprint density at radius 2 is 1.73 bits per heavy atom. The van der Waals surface area contributed by atoms with Gasteiger partial charge in [0.25, 0.3) is 21.6 Å². The summed E-state index contributed by atoms with van der Waals surface area (Å²) in [6.07, 6.45) is 0. The number of para-hydroxylation sites is 1. The third-order valence-corrected chi connectivity index (χ3v) is 5.45. The van der Waals surface area contributed by atoms with Gasteiger partial charge in [-0.15, -0.1) is 0 Å². The zero-order valence-corrected chi connectivity index (χ0v) is 16.5. The van der Waals surface area contributed by atoms with Gasteiger partial charge in [0.2, 0.25) is 0 Å². The molecule has 10 heteroatoms. The summed E-state index contributed by atoms with van der Waals surface area (Å²) in [7, 11) is -2.66. The zero-order chi connectivity index (χ0) is 21.7. The molecule has 3 aromatic rings. The number of nitro benzene ring substituents is 1. The molecule has 9 nitrogen and oxygen atoms in total. The number of ether oxygens (including phenoxy) is 1. The van der Waals surface area contributed by atoms with Gasteiger partial charge in [-0.05, 0) is 30.3 Å². The molecule has 2 N–H and O–H groups in total. The molecular formula is C20H17N3O6S. The first kappa shape index (κ1) is 20.8. The van der Waals surface area contributed by atoms with E-state index < -0.39 is 20.9 Å². The van der Waals surface area contributed by atoms with Crippen molar-refractivity contribution in [1.29, 1.82) is 0 Å². The molecule has 1 amide bonds. The highest BCUT2D eigenvalue weighted by Crippen LogP contribution is 2.24. The summed E-state index contributed by atoms with van der Waals surface area (Å²) in [5.41, 5.74) is 0.219. The highest BCUT2D eigenvalue weighted by molar-refractivity contribution is 7.92. The Bertz CT molecular complexity index is 1210. The normalized spacial score (nSPS) is 10.8. The molecule has 0 saturated carbocycles. The maximum Gasteiger partial charge on any atom is 0.270 e. The van der Waals surface area contributed by atoms with E-state index in [9.17, 15) is 23.3 Å². The molecule has 0 bridgehead atoms. The van der Waals surface area contributed by atoms with E-state index in [1.807, 2.05) is 0 Å². The summed E-state index contributed by atoms with van der Waals surface area (Å²) in [6.45, 7) is 0. The Morgan fingerprint density at radius 1 is 1.00 bits per heavy atom. The van der Waals surface area contributed by atoms with Gasteiger partial charge in [-0.25, -0.2) is 8.42 Å². The van der Waals surface area contributed by atoms with Gasteiger partial charge < -0.3 is 10.1 Å². The number of methoxy groups -OCH3 is 1. The lowest BCUT2D eigenvalue weighted by molar-refractivity contribution is -0.385. The maximum atomic E-state index is 12.7. The number of carbonyl (C=O) groups excluding carboxylic acids is 1. The van der Waals surface area contributed by atoms with E-state index in [-0.39, 0.29) is 21.8 Å². The number of rotatable bonds is 7. The van der Waals surface area contributed by atoms with Crippen molar-refractivity contribution < 1.29 is 22.9 Å². The van der Waals surface area contributed by atoms with Crippen LogP contribution in [0.1, 0.15) is 10.4 Å². The Balaban J connectivity index is 1.88. The molecule has 0 aliphatic rings. The minimum atomic E-state index is -4.16. The Labute approximate surface area is 172 Å². The fraction of sp³-hybridized carbons (Fsp3) is 0.0500. The van der Waals surface area contributed by atoms with Crippen LogP contribution in [0.5, 0.6) is 5.75 Å². The predicted molar refractivity (Wildman–Crippen MR) is 111 cm³/mol. The molecule has 0 unspecified atom stereocenters. The van der Waals surface area contributed by atoms with E-state index in [2.05, 4.69) is 10.0 Å². The second-order valence-corrected chi connectivity index (χ2v) is 7.77. The third-order valence-electron chi connectivity index (χ3n) is 4.08. The van der Waals surface area contributed by atoms with Crippen LogP contribution in [0.25, 0.3) is 0 Å². The molecule has 0 saturated heterocycles. The molecule has 0 aromatic heterocycles. The van der Waals surface area contributed by atoms with Crippen molar-refractivity contribution in [2.75, 3.05) is 17.1 Å². The SMILES string of the molecule is COc1cccc(NC(=O)c2ccccc2NS(=O)(=O)c2cccc([N+](=O)[O-])c2)c1. The van der Waals surface area contributed by atoms with Crippen LogP contribution in [-0.4, -0.2) is 26.4 Å². The number of nitrogens with zero attached hydrogens (tertiary/aromatic N) is 1. The number of benzene rings is 3. The van der Waals surface area contributed by atoms with E-state index in [0.29, 0.717) is 11.4 Å². The number of carbonyl (C=O) groups is 1.